The van der Waals surface area contributed by atoms with Crippen molar-refractivity contribution in [1.29, 1.82) is 0 Å². The number of aryl methyl sites for hydroxylation is 1. The molecular formula is C25H16F2N2O3S. The number of amides is 1. The Hall–Kier alpha value is -3.91. The molecule has 0 radical (unpaired) electrons. The fraction of sp³-hybridized carbons (Fsp3) is 0.0800. The van der Waals surface area contributed by atoms with Crippen molar-refractivity contribution in [3.8, 4) is 0 Å². The van der Waals surface area contributed by atoms with E-state index in [1.807, 2.05) is 25.1 Å². The van der Waals surface area contributed by atoms with Gasteiger partial charge in [0.15, 0.2) is 5.13 Å². The topological polar surface area (TPSA) is 70.5 Å². The van der Waals surface area contributed by atoms with Crippen LogP contribution in [0.25, 0.3) is 16.0 Å². The van der Waals surface area contributed by atoms with E-state index in [0.717, 1.165) is 22.4 Å². The quantitative estimate of drug-likeness (QED) is 0.248. The minimum absolute atomic E-state index is 0.163. The molecule has 1 amide bonds. The van der Waals surface area contributed by atoms with Gasteiger partial charge in [-0.25, -0.2) is 13.8 Å². The highest BCUT2D eigenvalue weighted by Gasteiger charge is 2.48. The lowest BCUT2D eigenvalue weighted by Gasteiger charge is -2.23. The molecule has 0 aliphatic carbocycles. The van der Waals surface area contributed by atoms with Crippen molar-refractivity contribution in [2.75, 3.05) is 4.90 Å². The van der Waals surface area contributed by atoms with Crippen LogP contribution < -0.4 is 4.90 Å². The molecule has 0 bridgehead atoms. The summed E-state index contributed by atoms with van der Waals surface area (Å²) in [5, 5.41) is 11.2. The first-order valence-electron chi connectivity index (χ1n) is 10.0. The van der Waals surface area contributed by atoms with Crippen molar-refractivity contribution in [1.82, 2.24) is 4.98 Å². The third-order valence-corrected chi connectivity index (χ3v) is 6.48. The Labute approximate surface area is 191 Å². The highest BCUT2D eigenvalue weighted by molar-refractivity contribution is 7.22. The predicted octanol–water partition coefficient (Wildman–Crippen LogP) is 5.51. The summed E-state index contributed by atoms with van der Waals surface area (Å²) < 4.78 is 28.3. The second-order valence-corrected chi connectivity index (χ2v) is 8.71. The molecule has 8 heteroatoms. The molecule has 1 aliphatic rings. The monoisotopic (exact) mass is 462 g/mol. The van der Waals surface area contributed by atoms with Crippen LogP contribution in [-0.2, 0) is 9.59 Å². The standard InChI is InChI=1S/C25H16F2N2O3S/c1-13-5-10-18-19(11-13)33-25(28-18)29-21(15-3-2-4-17(27)12-15)20(23(31)24(29)32)22(30)14-6-8-16(26)9-7-14/h2-12,21,30H,1H3/t21-/m1/s1. The van der Waals surface area contributed by atoms with Crippen molar-refractivity contribution in [2.45, 2.75) is 13.0 Å². The maximum absolute atomic E-state index is 14.1. The van der Waals surface area contributed by atoms with Gasteiger partial charge in [-0.1, -0.05) is 29.5 Å². The van der Waals surface area contributed by atoms with Crippen molar-refractivity contribution in [3.05, 3.63) is 101 Å². The second-order valence-electron chi connectivity index (χ2n) is 7.70. The van der Waals surface area contributed by atoms with Gasteiger partial charge in [0.05, 0.1) is 21.8 Å². The Bertz CT molecular complexity index is 1460. The molecule has 0 saturated carbocycles. The van der Waals surface area contributed by atoms with Crippen LogP contribution in [0.1, 0.15) is 22.7 Å². The Balaban J connectivity index is 1.74. The molecule has 3 aromatic carbocycles. The molecule has 2 heterocycles. The molecule has 164 valence electrons. The summed E-state index contributed by atoms with van der Waals surface area (Å²) in [6.07, 6.45) is 0. The van der Waals surface area contributed by atoms with Gasteiger partial charge in [-0.05, 0) is 66.6 Å². The number of aromatic nitrogens is 1. The second kappa shape index (κ2) is 7.90. The number of hydrogen-bond donors (Lipinski definition) is 1. The molecule has 5 rings (SSSR count). The van der Waals surface area contributed by atoms with Gasteiger partial charge in [0, 0.05) is 5.56 Å². The van der Waals surface area contributed by atoms with Crippen LogP contribution in [0.15, 0.2) is 72.3 Å². The van der Waals surface area contributed by atoms with Crippen molar-refractivity contribution >= 4 is 44.1 Å². The maximum atomic E-state index is 14.1. The number of thiazole rings is 1. The minimum atomic E-state index is -1.10. The molecule has 0 spiro atoms. The highest BCUT2D eigenvalue weighted by Crippen LogP contribution is 2.44. The molecule has 1 saturated heterocycles. The number of halogens is 2. The number of fused-ring (bicyclic) bond motifs is 1. The average Bonchev–Trinajstić information content (AvgIpc) is 3.32. The number of nitrogens with zero attached hydrogens (tertiary/aromatic N) is 2. The molecule has 5 nitrogen and oxygen atoms in total. The number of aliphatic hydroxyl groups excluding tert-OH is 1. The third-order valence-electron chi connectivity index (χ3n) is 5.47. The Morgan fingerprint density at radius 3 is 2.48 bits per heavy atom. The Kier molecular flexibility index (Phi) is 5.02. The van der Waals surface area contributed by atoms with E-state index in [1.165, 1.54) is 46.6 Å². The summed E-state index contributed by atoms with van der Waals surface area (Å²) in [4.78, 5) is 32.0. The third kappa shape index (κ3) is 3.58. The van der Waals surface area contributed by atoms with Crippen LogP contribution in [0.5, 0.6) is 0 Å². The lowest BCUT2D eigenvalue weighted by atomic mass is 9.95. The van der Waals surface area contributed by atoms with Gasteiger partial charge in [0.1, 0.15) is 17.4 Å². The first-order chi connectivity index (χ1) is 15.8. The molecule has 1 aliphatic heterocycles. The molecule has 4 aromatic rings. The van der Waals surface area contributed by atoms with Crippen molar-refractivity contribution < 1.29 is 23.5 Å². The van der Waals surface area contributed by atoms with Crippen LogP contribution in [0, 0.1) is 18.6 Å². The zero-order valence-electron chi connectivity index (χ0n) is 17.3. The molecule has 0 unspecified atom stereocenters. The molecule has 1 N–H and O–H groups in total. The van der Waals surface area contributed by atoms with E-state index >= 15 is 0 Å². The molecule has 1 aromatic heterocycles. The summed E-state index contributed by atoms with van der Waals surface area (Å²) in [5.41, 5.74) is 1.91. The highest BCUT2D eigenvalue weighted by atomic mass is 32.1. The fourth-order valence-electron chi connectivity index (χ4n) is 3.91. The van der Waals surface area contributed by atoms with E-state index in [9.17, 15) is 23.5 Å². The number of carbonyl (C=O) groups is 2. The van der Waals surface area contributed by atoms with Gasteiger partial charge < -0.3 is 5.11 Å². The number of carbonyl (C=O) groups excluding carboxylic acids is 2. The zero-order chi connectivity index (χ0) is 23.3. The summed E-state index contributed by atoms with van der Waals surface area (Å²) in [7, 11) is 0. The summed E-state index contributed by atoms with van der Waals surface area (Å²) in [6, 6.07) is 14.9. The van der Waals surface area contributed by atoms with Crippen molar-refractivity contribution in [3.63, 3.8) is 0 Å². The zero-order valence-corrected chi connectivity index (χ0v) is 18.1. The first kappa shape index (κ1) is 21.0. The lowest BCUT2D eigenvalue weighted by molar-refractivity contribution is -0.132. The number of aliphatic hydroxyl groups is 1. The van der Waals surface area contributed by atoms with Gasteiger partial charge in [-0.3, -0.25) is 14.5 Å². The van der Waals surface area contributed by atoms with Crippen molar-refractivity contribution in [2.24, 2.45) is 0 Å². The number of hydrogen-bond acceptors (Lipinski definition) is 5. The van der Waals surface area contributed by atoms with E-state index in [2.05, 4.69) is 4.98 Å². The van der Waals surface area contributed by atoms with Gasteiger partial charge in [0.25, 0.3) is 5.78 Å². The van der Waals surface area contributed by atoms with Gasteiger partial charge in [0.2, 0.25) is 0 Å². The van der Waals surface area contributed by atoms with Crippen LogP contribution in [0.4, 0.5) is 13.9 Å². The fourth-order valence-corrected chi connectivity index (χ4v) is 5.00. The smallest absolute Gasteiger partial charge is 0.301 e. The number of Topliss-reactive ketones (excluding diaryl/α,β-unsaturated/α-hetero) is 1. The SMILES string of the molecule is Cc1ccc2nc(N3C(=O)C(=O)C(=C(O)c4ccc(F)cc4)[C@H]3c3cccc(F)c3)sc2c1. The van der Waals surface area contributed by atoms with E-state index in [0.29, 0.717) is 11.1 Å². The van der Waals surface area contributed by atoms with Gasteiger partial charge in [-0.15, -0.1) is 0 Å². The normalized spacial score (nSPS) is 17.8. The Morgan fingerprint density at radius 1 is 1.00 bits per heavy atom. The number of anilines is 1. The summed E-state index contributed by atoms with van der Waals surface area (Å²) >= 11 is 1.22. The molecule has 1 fully saturated rings. The lowest BCUT2D eigenvalue weighted by Crippen LogP contribution is -2.29. The predicted molar refractivity (Wildman–Crippen MR) is 122 cm³/mol. The first-order valence-corrected chi connectivity index (χ1v) is 10.8. The molecular weight excluding hydrogens is 446 g/mol. The van der Waals surface area contributed by atoms with Crippen LogP contribution in [0.2, 0.25) is 0 Å². The summed E-state index contributed by atoms with van der Waals surface area (Å²) in [5.74, 6) is -3.36. The van der Waals surface area contributed by atoms with E-state index in [-0.39, 0.29) is 16.3 Å². The molecule has 33 heavy (non-hydrogen) atoms. The van der Waals surface area contributed by atoms with E-state index < -0.39 is 35.1 Å². The summed E-state index contributed by atoms with van der Waals surface area (Å²) in [6.45, 7) is 1.93. The average molecular weight is 462 g/mol. The van der Waals surface area contributed by atoms with E-state index in [1.54, 1.807) is 6.07 Å². The van der Waals surface area contributed by atoms with Crippen LogP contribution in [-0.4, -0.2) is 21.8 Å². The molecule has 1 atom stereocenters. The van der Waals surface area contributed by atoms with Crippen LogP contribution >= 0.6 is 11.3 Å². The number of ketones is 1. The Morgan fingerprint density at radius 2 is 1.76 bits per heavy atom. The minimum Gasteiger partial charge on any atom is -0.507 e. The van der Waals surface area contributed by atoms with E-state index in [4.69, 9.17) is 0 Å². The van der Waals surface area contributed by atoms with Gasteiger partial charge >= 0.3 is 5.91 Å². The number of benzene rings is 3. The largest absolute Gasteiger partial charge is 0.507 e. The number of rotatable bonds is 3. The van der Waals surface area contributed by atoms with Gasteiger partial charge in [-0.2, -0.15) is 0 Å². The van der Waals surface area contributed by atoms with Crippen LogP contribution in [0.3, 0.4) is 0 Å². The maximum Gasteiger partial charge on any atom is 0.301 e.